The highest BCUT2D eigenvalue weighted by molar-refractivity contribution is 5.58. The van der Waals surface area contributed by atoms with E-state index in [1.807, 2.05) is 6.07 Å². The minimum atomic E-state index is -0.755. The van der Waals surface area contributed by atoms with Crippen LogP contribution in [0.4, 0.5) is 10.1 Å². The van der Waals surface area contributed by atoms with E-state index in [1.54, 1.807) is 13.0 Å². The Kier molecular flexibility index (Phi) is 4.42. The van der Waals surface area contributed by atoms with Gasteiger partial charge in [-0.15, -0.1) is 0 Å². The molecule has 0 saturated carbocycles. The molecule has 0 bridgehead atoms. The van der Waals surface area contributed by atoms with E-state index in [0.29, 0.717) is 13.0 Å². The smallest absolute Gasteiger partial charge is 0.125 e. The average Bonchev–Trinajstić information content (AvgIpc) is 2.77. The van der Waals surface area contributed by atoms with Crippen molar-refractivity contribution in [3.8, 4) is 0 Å². The molecule has 3 nitrogen and oxygen atoms in total. The molecule has 0 fully saturated rings. The average molecular weight is 266 g/mol. The number of nitrogens with zero attached hydrogens (tertiary/aromatic N) is 1. The number of halogens is 1. The molecule has 1 aromatic rings. The first-order valence-corrected chi connectivity index (χ1v) is 6.98. The topological polar surface area (TPSA) is 49.5 Å². The Morgan fingerprint density at radius 2 is 2.21 bits per heavy atom. The lowest BCUT2D eigenvalue weighted by atomic mass is 9.99. The molecule has 1 heterocycles. The summed E-state index contributed by atoms with van der Waals surface area (Å²) < 4.78 is 13.3. The molecule has 0 amide bonds. The van der Waals surface area contributed by atoms with Gasteiger partial charge in [-0.1, -0.05) is 6.07 Å². The van der Waals surface area contributed by atoms with Crippen LogP contribution in [0.1, 0.15) is 31.7 Å². The monoisotopic (exact) mass is 266 g/mol. The first kappa shape index (κ1) is 14.3. The number of rotatable bonds is 6. The van der Waals surface area contributed by atoms with Crippen LogP contribution in [0.5, 0.6) is 0 Å². The number of benzene rings is 1. The van der Waals surface area contributed by atoms with E-state index in [4.69, 9.17) is 5.73 Å². The fourth-order valence-electron chi connectivity index (χ4n) is 2.56. The van der Waals surface area contributed by atoms with Gasteiger partial charge >= 0.3 is 0 Å². The standard InChI is InChI=1S/C15H23FN2O/c1-15(19,11-17)7-2-3-8-18-9-6-12-4-5-13(16)10-14(12)18/h4-5,10,19H,2-3,6-9,11,17H2,1H3. The van der Waals surface area contributed by atoms with Gasteiger partial charge < -0.3 is 15.7 Å². The molecular weight excluding hydrogens is 243 g/mol. The highest BCUT2D eigenvalue weighted by Gasteiger charge is 2.20. The van der Waals surface area contributed by atoms with Gasteiger partial charge in [-0.25, -0.2) is 4.39 Å². The highest BCUT2D eigenvalue weighted by atomic mass is 19.1. The van der Waals surface area contributed by atoms with Gasteiger partial charge in [0.1, 0.15) is 5.82 Å². The predicted molar refractivity (Wildman–Crippen MR) is 75.8 cm³/mol. The molecule has 0 radical (unpaired) electrons. The third kappa shape index (κ3) is 3.67. The van der Waals surface area contributed by atoms with Crippen LogP contribution < -0.4 is 10.6 Å². The second-order valence-electron chi connectivity index (χ2n) is 5.67. The minimum Gasteiger partial charge on any atom is -0.389 e. The number of nitrogens with two attached hydrogens (primary N) is 1. The lowest BCUT2D eigenvalue weighted by molar-refractivity contribution is 0.0574. The number of hydrogen-bond acceptors (Lipinski definition) is 3. The fourth-order valence-corrected chi connectivity index (χ4v) is 2.56. The van der Waals surface area contributed by atoms with Crippen LogP contribution in [-0.2, 0) is 6.42 Å². The van der Waals surface area contributed by atoms with Crippen molar-refractivity contribution in [2.45, 2.75) is 38.2 Å². The fraction of sp³-hybridized carbons (Fsp3) is 0.600. The van der Waals surface area contributed by atoms with Gasteiger partial charge in [-0.05, 0) is 50.3 Å². The van der Waals surface area contributed by atoms with Crippen molar-refractivity contribution < 1.29 is 9.50 Å². The molecule has 1 aromatic carbocycles. The predicted octanol–water partition coefficient (Wildman–Crippen LogP) is 2.07. The SMILES string of the molecule is CC(O)(CN)CCCCN1CCc2ccc(F)cc21. The number of unbranched alkanes of at least 4 members (excludes halogenated alkanes) is 1. The zero-order valence-electron chi connectivity index (χ0n) is 11.5. The molecule has 0 saturated heterocycles. The Balaban J connectivity index is 1.82. The molecule has 4 heteroatoms. The van der Waals surface area contributed by atoms with Gasteiger partial charge in [-0.3, -0.25) is 0 Å². The zero-order valence-corrected chi connectivity index (χ0v) is 11.5. The second kappa shape index (κ2) is 5.88. The maximum absolute atomic E-state index is 13.3. The van der Waals surface area contributed by atoms with E-state index in [0.717, 1.165) is 38.0 Å². The van der Waals surface area contributed by atoms with Crippen molar-refractivity contribution in [2.75, 3.05) is 24.5 Å². The van der Waals surface area contributed by atoms with Crippen molar-refractivity contribution >= 4 is 5.69 Å². The van der Waals surface area contributed by atoms with Gasteiger partial charge in [0.15, 0.2) is 0 Å². The summed E-state index contributed by atoms with van der Waals surface area (Å²) in [7, 11) is 0. The zero-order chi connectivity index (χ0) is 13.9. The van der Waals surface area contributed by atoms with Gasteiger partial charge in [0.25, 0.3) is 0 Å². The Labute approximate surface area is 114 Å². The number of aliphatic hydroxyl groups is 1. The van der Waals surface area contributed by atoms with E-state index < -0.39 is 5.60 Å². The summed E-state index contributed by atoms with van der Waals surface area (Å²) in [6.45, 7) is 3.95. The Morgan fingerprint density at radius 3 is 2.95 bits per heavy atom. The van der Waals surface area contributed by atoms with Crippen LogP contribution in [0.25, 0.3) is 0 Å². The normalized spacial score (nSPS) is 17.4. The second-order valence-corrected chi connectivity index (χ2v) is 5.67. The molecule has 19 heavy (non-hydrogen) atoms. The quantitative estimate of drug-likeness (QED) is 0.775. The maximum atomic E-state index is 13.3. The molecule has 1 aliphatic rings. The molecule has 2 rings (SSSR count). The Hall–Kier alpha value is -1.13. The largest absolute Gasteiger partial charge is 0.389 e. The van der Waals surface area contributed by atoms with E-state index in [2.05, 4.69) is 4.90 Å². The van der Waals surface area contributed by atoms with Crippen molar-refractivity contribution in [1.29, 1.82) is 0 Å². The van der Waals surface area contributed by atoms with Crippen LogP contribution in [0.15, 0.2) is 18.2 Å². The van der Waals surface area contributed by atoms with E-state index in [-0.39, 0.29) is 5.82 Å². The van der Waals surface area contributed by atoms with Gasteiger partial charge in [-0.2, -0.15) is 0 Å². The van der Waals surface area contributed by atoms with Crippen molar-refractivity contribution in [3.63, 3.8) is 0 Å². The van der Waals surface area contributed by atoms with Gasteiger partial charge in [0, 0.05) is 25.3 Å². The Morgan fingerprint density at radius 1 is 1.42 bits per heavy atom. The van der Waals surface area contributed by atoms with Crippen LogP contribution in [-0.4, -0.2) is 30.3 Å². The molecule has 106 valence electrons. The Bertz CT molecular complexity index is 434. The first-order chi connectivity index (χ1) is 9.02. The summed E-state index contributed by atoms with van der Waals surface area (Å²) in [6.07, 6.45) is 3.64. The summed E-state index contributed by atoms with van der Waals surface area (Å²) in [5, 5.41) is 9.82. The molecule has 0 aliphatic carbocycles. The number of anilines is 1. The van der Waals surface area contributed by atoms with Crippen LogP contribution in [0.3, 0.4) is 0 Å². The molecule has 1 aliphatic heterocycles. The highest BCUT2D eigenvalue weighted by Crippen LogP contribution is 2.29. The summed E-state index contributed by atoms with van der Waals surface area (Å²) >= 11 is 0. The molecule has 1 unspecified atom stereocenters. The van der Waals surface area contributed by atoms with Crippen molar-refractivity contribution in [2.24, 2.45) is 5.73 Å². The van der Waals surface area contributed by atoms with Crippen LogP contribution in [0, 0.1) is 5.82 Å². The maximum Gasteiger partial charge on any atom is 0.125 e. The van der Waals surface area contributed by atoms with E-state index in [9.17, 15) is 9.50 Å². The third-order valence-corrected chi connectivity index (χ3v) is 3.87. The van der Waals surface area contributed by atoms with Crippen LogP contribution in [0.2, 0.25) is 0 Å². The van der Waals surface area contributed by atoms with Crippen molar-refractivity contribution in [3.05, 3.63) is 29.6 Å². The minimum absolute atomic E-state index is 0.170. The summed E-state index contributed by atoms with van der Waals surface area (Å²) in [5.41, 5.74) is 7.00. The summed E-state index contributed by atoms with van der Waals surface area (Å²) in [6, 6.07) is 5.03. The third-order valence-electron chi connectivity index (χ3n) is 3.87. The van der Waals surface area contributed by atoms with Gasteiger partial charge in [0.2, 0.25) is 0 Å². The van der Waals surface area contributed by atoms with Gasteiger partial charge in [0.05, 0.1) is 5.60 Å². The summed E-state index contributed by atoms with van der Waals surface area (Å²) in [5.74, 6) is -0.170. The number of fused-ring (bicyclic) bond motifs is 1. The number of hydrogen-bond donors (Lipinski definition) is 2. The molecule has 1 atom stereocenters. The lowest BCUT2D eigenvalue weighted by Crippen LogP contribution is -2.34. The van der Waals surface area contributed by atoms with E-state index in [1.165, 1.54) is 11.6 Å². The van der Waals surface area contributed by atoms with Crippen LogP contribution >= 0.6 is 0 Å². The van der Waals surface area contributed by atoms with E-state index >= 15 is 0 Å². The molecule has 3 N–H and O–H groups in total. The molecule has 0 aromatic heterocycles. The molecule has 0 spiro atoms. The first-order valence-electron chi connectivity index (χ1n) is 6.98. The molecular formula is C15H23FN2O. The van der Waals surface area contributed by atoms with Crippen molar-refractivity contribution in [1.82, 2.24) is 0 Å². The lowest BCUT2D eigenvalue weighted by Gasteiger charge is -2.23. The summed E-state index contributed by atoms with van der Waals surface area (Å²) in [4.78, 5) is 2.23.